The maximum Gasteiger partial charge on any atom is 0.284 e. The molecule has 0 saturated heterocycles. The predicted molar refractivity (Wildman–Crippen MR) is 87.6 cm³/mol. The average Bonchev–Trinajstić information content (AvgIpc) is 3.29. The van der Waals surface area contributed by atoms with Crippen molar-refractivity contribution in [2.45, 2.75) is 11.8 Å². The van der Waals surface area contributed by atoms with Crippen molar-refractivity contribution in [3.8, 4) is 17.4 Å². The Hall–Kier alpha value is -2.74. The van der Waals surface area contributed by atoms with Gasteiger partial charge in [0.05, 0.1) is 19.1 Å². The van der Waals surface area contributed by atoms with E-state index in [1.807, 2.05) is 24.3 Å². The lowest BCUT2D eigenvalue weighted by atomic mass is 10.2. The first-order valence-corrected chi connectivity index (χ1v) is 8.13. The minimum absolute atomic E-state index is 0.117. The Kier molecular flexibility index (Phi) is 5.17. The summed E-state index contributed by atoms with van der Waals surface area (Å²) >= 11 is 1.17. The summed E-state index contributed by atoms with van der Waals surface area (Å²) in [5, 5.41) is 10.9. The van der Waals surface area contributed by atoms with Crippen molar-refractivity contribution in [1.29, 1.82) is 0 Å². The summed E-state index contributed by atoms with van der Waals surface area (Å²) in [5.74, 6) is 1.65. The van der Waals surface area contributed by atoms with Crippen molar-refractivity contribution in [2.75, 3.05) is 12.9 Å². The van der Waals surface area contributed by atoms with Gasteiger partial charge in [0.15, 0.2) is 5.76 Å². The normalized spacial score (nSPS) is 10.5. The Morgan fingerprint density at radius 3 is 2.79 bits per heavy atom. The fourth-order valence-corrected chi connectivity index (χ4v) is 2.48. The molecule has 1 N–H and O–H groups in total. The van der Waals surface area contributed by atoms with Crippen LogP contribution in [0.5, 0.6) is 5.75 Å². The van der Waals surface area contributed by atoms with Gasteiger partial charge in [0.25, 0.3) is 11.1 Å². The van der Waals surface area contributed by atoms with Crippen LogP contribution in [0.2, 0.25) is 0 Å². The minimum atomic E-state index is -0.117. The molecular weight excluding hydrogens is 330 g/mol. The Labute approximate surface area is 142 Å². The lowest BCUT2D eigenvalue weighted by molar-refractivity contribution is -0.118. The summed E-state index contributed by atoms with van der Waals surface area (Å²) in [6.45, 7) is 0.449. The van der Waals surface area contributed by atoms with Gasteiger partial charge in [-0.25, -0.2) is 0 Å². The van der Waals surface area contributed by atoms with E-state index in [2.05, 4.69) is 15.5 Å². The van der Waals surface area contributed by atoms with Gasteiger partial charge >= 0.3 is 0 Å². The van der Waals surface area contributed by atoms with Crippen LogP contribution in [-0.4, -0.2) is 29.0 Å². The second kappa shape index (κ2) is 7.69. The fourth-order valence-electron chi connectivity index (χ4n) is 1.89. The fraction of sp³-hybridized carbons (Fsp3) is 0.188. The SMILES string of the molecule is COc1ccc(CNC(=O)CSc2nnc(-c3ccco3)o2)cc1. The average molecular weight is 345 g/mol. The number of furan rings is 1. The zero-order chi connectivity index (χ0) is 16.8. The quantitative estimate of drug-likeness (QED) is 0.658. The van der Waals surface area contributed by atoms with Crippen LogP contribution >= 0.6 is 11.8 Å². The zero-order valence-electron chi connectivity index (χ0n) is 12.9. The molecule has 8 heteroatoms. The van der Waals surface area contributed by atoms with Gasteiger partial charge in [-0.1, -0.05) is 23.9 Å². The van der Waals surface area contributed by atoms with Gasteiger partial charge < -0.3 is 18.9 Å². The molecule has 0 bridgehead atoms. The summed E-state index contributed by atoms with van der Waals surface area (Å²) in [4.78, 5) is 11.9. The summed E-state index contributed by atoms with van der Waals surface area (Å²) in [6.07, 6.45) is 1.53. The molecule has 24 heavy (non-hydrogen) atoms. The third kappa shape index (κ3) is 4.17. The third-order valence-electron chi connectivity index (χ3n) is 3.11. The number of ether oxygens (including phenoxy) is 1. The molecule has 7 nitrogen and oxygen atoms in total. The highest BCUT2D eigenvalue weighted by Crippen LogP contribution is 2.23. The van der Waals surface area contributed by atoms with Crippen molar-refractivity contribution >= 4 is 17.7 Å². The summed E-state index contributed by atoms with van der Waals surface area (Å²) in [6, 6.07) is 11.0. The molecule has 0 atom stereocenters. The molecular formula is C16H15N3O4S. The van der Waals surface area contributed by atoms with E-state index < -0.39 is 0 Å². The number of thioether (sulfide) groups is 1. The van der Waals surface area contributed by atoms with E-state index in [1.165, 1.54) is 18.0 Å². The highest BCUT2D eigenvalue weighted by Gasteiger charge is 2.12. The van der Waals surface area contributed by atoms with Crippen molar-refractivity contribution < 1.29 is 18.4 Å². The van der Waals surface area contributed by atoms with E-state index in [0.717, 1.165) is 11.3 Å². The van der Waals surface area contributed by atoms with E-state index in [4.69, 9.17) is 13.6 Å². The number of nitrogens with zero attached hydrogens (tertiary/aromatic N) is 2. The smallest absolute Gasteiger partial charge is 0.284 e. The summed E-state index contributed by atoms with van der Waals surface area (Å²) in [7, 11) is 1.61. The predicted octanol–water partition coefficient (Wildman–Crippen LogP) is 2.75. The molecule has 2 heterocycles. The van der Waals surface area contributed by atoms with Gasteiger partial charge in [-0.3, -0.25) is 4.79 Å². The molecule has 3 rings (SSSR count). The number of amides is 1. The number of rotatable bonds is 7. The largest absolute Gasteiger partial charge is 0.497 e. The van der Waals surface area contributed by atoms with Crippen LogP contribution in [0.4, 0.5) is 0 Å². The number of nitrogens with one attached hydrogen (secondary N) is 1. The maximum atomic E-state index is 11.9. The standard InChI is InChI=1S/C16H15N3O4S/c1-21-12-6-4-11(5-7-12)9-17-14(20)10-24-16-19-18-15(23-16)13-3-2-8-22-13/h2-8H,9-10H2,1H3,(H,17,20). The summed E-state index contributed by atoms with van der Waals surface area (Å²) < 4.78 is 15.7. The Bertz CT molecular complexity index is 784. The number of carbonyl (C=O) groups is 1. The van der Waals surface area contributed by atoms with Crippen LogP contribution in [0.1, 0.15) is 5.56 Å². The molecule has 0 fully saturated rings. The number of carbonyl (C=O) groups excluding carboxylic acids is 1. The number of benzene rings is 1. The molecule has 1 amide bonds. The first kappa shape index (κ1) is 16.1. The van der Waals surface area contributed by atoms with Crippen LogP contribution in [0.15, 0.2) is 56.7 Å². The number of aromatic nitrogens is 2. The topological polar surface area (TPSA) is 90.4 Å². The molecule has 2 aromatic heterocycles. The molecule has 0 radical (unpaired) electrons. The molecule has 0 aliphatic rings. The minimum Gasteiger partial charge on any atom is -0.497 e. The van der Waals surface area contributed by atoms with E-state index >= 15 is 0 Å². The first-order valence-electron chi connectivity index (χ1n) is 7.14. The number of hydrogen-bond acceptors (Lipinski definition) is 7. The maximum absolute atomic E-state index is 11.9. The van der Waals surface area contributed by atoms with Crippen LogP contribution in [0, 0.1) is 0 Å². The Morgan fingerprint density at radius 1 is 1.25 bits per heavy atom. The van der Waals surface area contributed by atoms with Crippen molar-refractivity contribution in [1.82, 2.24) is 15.5 Å². The molecule has 0 saturated carbocycles. The first-order chi connectivity index (χ1) is 11.7. The highest BCUT2D eigenvalue weighted by molar-refractivity contribution is 7.99. The Morgan fingerprint density at radius 2 is 2.08 bits per heavy atom. The van der Waals surface area contributed by atoms with Crippen molar-refractivity contribution in [2.24, 2.45) is 0 Å². The molecule has 1 aromatic carbocycles. The molecule has 0 aliphatic heterocycles. The number of hydrogen-bond donors (Lipinski definition) is 1. The van der Waals surface area contributed by atoms with Crippen LogP contribution in [-0.2, 0) is 11.3 Å². The second-order valence-corrected chi connectivity index (χ2v) is 5.69. The Balaban J connectivity index is 1.45. The zero-order valence-corrected chi connectivity index (χ0v) is 13.7. The van der Waals surface area contributed by atoms with E-state index in [1.54, 1.807) is 19.2 Å². The van der Waals surface area contributed by atoms with Crippen LogP contribution < -0.4 is 10.1 Å². The molecule has 3 aromatic rings. The summed E-state index contributed by atoms with van der Waals surface area (Å²) in [5.41, 5.74) is 0.993. The van der Waals surface area contributed by atoms with Crippen molar-refractivity contribution in [3.05, 3.63) is 48.2 Å². The second-order valence-electron chi connectivity index (χ2n) is 4.76. The van der Waals surface area contributed by atoms with E-state index in [-0.39, 0.29) is 11.7 Å². The highest BCUT2D eigenvalue weighted by atomic mass is 32.2. The van der Waals surface area contributed by atoms with Crippen LogP contribution in [0.3, 0.4) is 0 Å². The van der Waals surface area contributed by atoms with Gasteiger partial charge in [-0.05, 0) is 29.8 Å². The van der Waals surface area contributed by atoms with Gasteiger partial charge in [0.2, 0.25) is 5.91 Å². The lowest BCUT2D eigenvalue weighted by Crippen LogP contribution is -2.24. The third-order valence-corrected chi connectivity index (χ3v) is 3.93. The van der Waals surface area contributed by atoms with Gasteiger partial charge in [-0.15, -0.1) is 10.2 Å². The monoisotopic (exact) mass is 345 g/mol. The lowest BCUT2D eigenvalue weighted by Gasteiger charge is -2.05. The van der Waals surface area contributed by atoms with Gasteiger partial charge in [-0.2, -0.15) is 0 Å². The van der Waals surface area contributed by atoms with Gasteiger partial charge in [0.1, 0.15) is 5.75 Å². The van der Waals surface area contributed by atoms with Crippen LogP contribution in [0.25, 0.3) is 11.7 Å². The number of methoxy groups -OCH3 is 1. The molecule has 0 unspecified atom stereocenters. The van der Waals surface area contributed by atoms with Gasteiger partial charge in [0, 0.05) is 6.54 Å². The van der Waals surface area contributed by atoms with Crippen molar-refractivity contribution in [3.63, 3.8) is 0 Å². The molecule has 0 aliphatic carbocycles. The van der Waals surface area contributed by atoms with E-state index in [9.17, 15) is 4.79 Å². The molecule has 0 spiro atoms. The molecule has 124 valence electrons. The van der Waals surface area contributed by atoms with E-state index in [0.29, 0.717) is 23.4 Å².